The molecular formula is C14H21NO2. The van der Waals surface area contributed by atoms with Gasteiger partial charge < -0.3 is 9.67 Å². The van der Waals surface area contributed by atoms with Gasteiger partial charge in [-0.3, -0.25) is 0 Å². The second-order valence-corrected chi connectivity index (χ2v) is 5.69. The summed E-state index contributed by atoms with van der Waals surface area (Å²) in [5, 5.41) is 9.12. The van der Waals surface area contributed by atoms with Crippen LogP contribution in [-0.4, -0.2) is 15.6 Å². The molecule has 0 radical (unpaired) electrons. The molecule has 1 aliphatic rings. The minimum atomic E-state index is -0.819. The maximum atomic E-state index is 11.1. The second-order valence-electron chi connectivity index (χ2n) is 5.69. The van der Waals surface area contributed by atoms with E-state index in [1.54, 1.807) is 6.07 Å². The van der Waals surface area contributed by atoms with Crippen LogP contribution in [0.3, 0.4) is 0 Å². The molecule has 1 saturated carbocycles. The molecule has 2 rings (SSSR count). The summed E-state index contributed by atoms with van der Waals surface area (Å²) in [4.78, 5) is 11.1. The zero-order valence-corrected chi connectivity index (χ0v) is 10.9. The smallest absolute Gasteiger partial charge is 0.337 e. The van der Waals surface area contributed by atoms with E-state index >= 15 is 0 Å². The van der Waals surface area contributed by atoms with E-state index in [4.69, 9.17) is 5.11 Å². The Morgan fingerprint density at radius 1 is 1.41 bits per heavy atom. The predicted octanol–water partition coefficient (Wildman–Crippen LogP) is 3.38. The number of carbonyl (C=O) groups is 1. The van der Waals surface area contributed by atoms with Gasteiger partial charge >= 0.3 is 5.97 Å². The van der Waals surface area contributed by atoms with E-state index in [0.29, 0.717) is 11.0 Å². The van der Waals surface area contributed by atoms with Crippen molar-refractivity contribution in [3.05, 3.63) is 23.0 Å². The predicted molar refractivity (Wildman–Crippen MR) is 67.4 cm³/mol. The van der Waals surface area contributed by atoms with Crippen LogP contribution >= 0.6 is 0 Å². The summed E-state index contributed by atoms with van der Waals surface area (Å²) in [6, 6.07) is 1.79. The number of carboxylic acids is 1. The van der Waals surface area contributed by atoms with Gasteiger partial charge in [0.05, 0.1) is 5.56 Å². The SMILES string of the molecule is Cc1cc(C(=O)O)c(C)n1CC1(C)CCCC1. The van der Waals surface area contributed by atoms with Crippen LogP contribution < -0.4 is 0 Å². The van der Waals surface area contributed by atoms with Crippen LogP contribution in [0.25, 0.3) is 0 Å². The number of aryl methyl sites for hydroxylation is 1. The minimum Gasteiger partial charge on any atom is -0.478 e. The van der Waals surface area contributed by atoms with E-state index in [-0.39, 0.29) is 0 Å². The van der Waals surface area contributed by atoms with Gasteiger partial charge in [-0.15, -0.1) is 0 Å². The van der Waals surface area contributed by atoms with Crippen molar-refractivity contribution in [2.75, 3.05) is 0 Å². The maximum absolute atomic E-state index is 11.1. The van der Waals surface area contributed by atoms with Crippen LogP contribution in [0.1, 0.15) is 54.4 Å². The van der Waals surface area contributed by atoms with Crippen LogP contribution in [0, 0.1) is 19.3 Å². The molecule has 0 spiro atoms. The molecule has 1 fully saturated rings. The molecule has 3 heteroatoms. The summed E-state index contributed by atoms with van der Waals surface area (Å²) in [6.07, 6.45) is 5.13. The zero-order chi connectivity index (χ0) is 12.6. The van der Waals surface area contributed by atoms with Crippen LogP contribution in [-0.2, 0) is 6.54 Å². The first-order valence-corrected chi connectivity index (χ1v) is 6.33. The molecule has 0 aromatic carbocycles. The molecule has 1 N–H and O–H groups in total. The average Bonchev–Trinajstić information content (AvgIpc) is 2.78. The molecule has 0 amide bonds. The molecule has 0 bridgehead atoms. The number of carboxylic acid groups (broad SMARTS) is 1. The third kappa shape index (κ3) is 2.24. The number of hydrogen-bond donors (Lipinski definition) is 1. The van der Waals surface area contributed by atoms with Gasteiger partial charge in [0.25, 0.3) is 0 Å². The number of aromatic nitrogens is 1. The third-order valence-corrected chi connectivity index (χ3v) is 4.15. The third-order valence-electron chi connectivity index (χ3n) is 4.15. The molecule has 1 aromatic heterocycles. The van der Waals surface area contributed by atoms with Gasteiger partial charge in [0.2, 0.25) is 0 Å². The van der Waals surface area contributed by atoms with Gasteiger partial charge in [0, 0.05) is 17.9 Å². The van der Waals surface area contributed by atoms with Gasteiger partial charge in [-0.2, -0.15) is 0 Å². The topological polar surface area (TPSA) is 42.2 Å². The standard InChI is InChI=1S/C14H21NO2/c1-10-8-12(13(16)17)11(2)15(10)9-14(3)6-4-5-7-14/h8H,4-7,9H2,1-3H3,(H,16,17). The van der Waals surface area contributed by atoms with E-state index in [9.17, 15) is 4.79 Å². The molecule has 17 heavy (non-hydrogen) atoms. The lowest BCUT2D eigenvalue weighted by Crippen LogP contribution is -2.21. The lowest BCUT2D eigenvalue weighted by atomic mass is 9.88. The van der Waals surface area contributed by atoms with Crippen LogP contribution in [0.5, 0.6) is 0 Å². The van der Waals surface area contributed by atoms with Crippen molar-refractivity contribution >= 4 is 5.97 Å². The number of nitrogens with zero attached hydrogens (tertiary/aromatic N) is 1. The quantitative estimate of drug-likeness (QED) is 0.872. The Morgan fingerprint density at radius 2 is 2.00 bits per heavy atom. The molecule has 1 heterocycles. The first kappa shape index (κ1) is 12.2. The molecule has 3 nitrogen and oxygen atoms in total. The molecular weight excluding hydrogens is 214 g/mol. The Hall–Kier alpha value is -1.25. The van der Waals surface area contributed by atoms with E-state index < -0.39 is 5.97 Å². The molecule has 1 aliphatic carbocycles. The molecule has 0 aliphatic heterocycles. The van der Waals surface area contributed by atoms with Gasteiger partial charge in [-0.05, 0) is 38.2 Å². The largest absolute Gasteiger partial charge is 0.478 e. The molecule has 0 unspecified atom stereocenters. The average molecular weight is 235 g/mol. The summed E-state index contributed by atoms with van der Waals surface area (Å²) in [5.74, 6) is -0.819. The van der Waals surface area contributed by atoms with Gasteiger partial charge in [0.15, 0.2) is 0 Å². The fourth-order valence-corrected chi connectivity index (χ4v) is 3.03. The summed E-state index contributed by atoms with van der Waals surface area (Å²) >= 11 is 0. The van der Waals surface area contributed by atoms with E-state index in [2.05, 4.69) is 11.5 Å². The Kier molecular flexibility index (Phi) is 3.02. The van der Waals surface area contributed by atoms with Crippen molar-refractivity contribution in [3.8, 4) is 0 Å². The highest BCUT2D eigenvalue weighted by Gasteiger charge is 2.30. The Balaban J connectivity index is 2.29. The van der Waals surface area contributed by atoms with Gasteiger partial charge in [0.1, 0.15) is 0 Å². The summed E-state index contributed by atoms with van der Waals surface area (Å²) < 4.78 is 2.18. The Bertz CT molecular complexity index is 439. The fourth-order valence-electron chi connectivity index (χ4n) is 3.03. The monoisotopic (exact) mass is 235 g/mol. The fraction of sp³-hybridized carbons (Fsp3) is 0.643. The van der Waals surface area contributed by atoms with Crippen molar-refractivity contribution in [2.45, 2.75) is 53.0 Å². The van der Waals surface area contributed by atoms with Crippen LogP contribution in [0.15, 0.2) is 6.07 Å². The molecule has 0 saturated heterocycles. The van der Waals surface area contributed by atoms with Crippen LogP contribution in [0.4, 0.5) is 0 Å². The molecule has 0 atom stereocenters. The minimum absolute atomic E-state index is 0.352. The number of hydrogen-bond acceptors (Lipinski definition) is 1. The normalized spacial score (nSPS) is 18.5. The number of aromatic carboxylic acids is 1. The van der Waals surface area contributed by atoms with Gasteiger partial charge in [-0.25, -0.2) is 4.79 Å². The highest BCUT2D eigenvalue weighted by molar-refractivity contribution is 5.89. The van der Waals surface area contributed by atoms with E-state index in [0.717, 1.165) is 17.9 Å². The highest BCUT2D eigenvalue weighted by atomic mass is 16.4. The lowest BCUT2D eigenvalue weighted by Gasteiger charge is -2.26. The van der Waals surface area contributed by atoms with Crippen molar-refractivity contribution in [1.82, 2.24) is 4.57 Å². The first-order chi connectivity index (χ1) is 7.93. The van der Waals surface area contributed by atoms with Crippen molar-refractivity contribution in [3.63, 3.8) is 0 Å². The first-order valence-electron chi connectivity index (χ1n) is 6.33. The van der Waals surface area contributed by atoms with Crippen molar-refractivity contribution in [1.29, 1.82) is 0 Å². The Labute approximate surface area is 102 Å². The zero-order valence-electron chi connectivity index (χ0n) is 10.9. The number of rotatable bonds is 3. The summed E-state index contributed by atoms with van der Waals surface area (Å²) in [5.41, 5.74) is 2.75. The van der Waals surface area contributed by atoms with E-state index in [1.165, 1.54) is 25.7 Å². The summed E-state index contributed by atoms with van der Waals surface area (Å²) in [6.45, 7) is 7.18. The van der Waals surface area contributed by atoms with Crippen molar-refractivity contribution in [2.24, 2.45) is 5.41 Å². The molecule has 1 aromatic rings. The molecule has 94 valence electrons. The van der Waals surface area contributed by atoms with Gasteiger partial charge in [-0.1, -0.05) is 19.8 Å². The maximum Gasteiger partial charge on any atom is 0.337 e. The van der Waals surface area contributed by atoms with Crippen molar-refractivity contribution < 1.29 is 9.90 Å². The Morgan fingerprint density at radius 3 is 2.47 bits per heavy atom. The lowest BCUT2D eigenvalue weighted by molar-refractivity contribution is 0.0695. The van der Waals surface area contributed by atoms with E-state index in [1.807, 2.05) is 13.8 Å². The summed E-state index contributed by atoms with van der Waals surface area (Å²) in [7, 11) is 0. The highest BCUT2D eigenvalue weighted by Crippen LogP contribution is 2.39. The van der Waals surface area contributed by atoms with Crippen LogP contribution in [0.2, 0.25) is 0 Å². The second kappa shape index (κ2) is 4.21.